The van der Waals surface area contributed by atoms with Crippen LogP contribution in [0, 0.1) is 0 Å². The molecule has 2 unspecified atom stereocenters. The number of esters is 1. The number of hydroxylamine groups is 2. The number of rotatable bonds is 6. The average molecular weight is 271 g/mol. The molecule has 0 aromatic rings. The number of aliphatic hydroxyl groups is 1. The summed E-state index contributed by atoms with van der Waals surface area (Å²) in [6, 6.07) is 0.276. The zero-order valence-corrected chi connectivity index (χ0v) is 12.1. The Balaban J connectivity index is 2.01. The van der Waals surface area contributed by atoms with Crippen molar-refractivity contribution in [3.63, 3.8) is 0 Å². The summed E-state index contributed by atoms with van der Waals surface area (Å²) in [5.74, 6) is -0.154. The molecule has 0 amide bonds. The predicted molar refractivity (Wildman–Crippen MR) is 70.3 cm³/mol. The smallest absolute Gasteiger partial charge is 0.329 e. The van der Waals surface area contributed by atoms with Crippen molar-refractivity contribution in [1.82, 2.24) is 5.06 Å². The number of fused-ring (bicyclic) bond motifs is 1. The Morgan fingerprint density at radius 1 is 1.47 bits per heavy atom. The zero-order valence-electron chi connectivity index (χ0n) is 12.1. The lowest BCUT2D eigenvalue weighted by molar-refractivity contribution is -0.285. The van der Waals surface area contributed by atoms with Gasteiger partial charge < -0.3 is 9.84 Å². The summed E-state index contributed by atoms with van der Waals surface area (Å²) in [7, 11) is 0. The third-order valence-corrected chi connectivity index (χ3v) is 3.99. The fourth-order valence-electron chi connectivity index (χ4n) is 3.34. The third-order valence-electron chi connectivity index (χ3n) is 3.99. The summed E-state index contributed by atoms with van der Waals surface area (Å²) in [6.07, 6.45) is 4.22. The van der Waals surface area contributed by atoms with Crippen LogP contribution in [0.2, 0.25) is 0 Å². The Labute approximate surface area is 114 Å². The number of carbonyl (C=O) groups excluding carboxylic acids is 1. The molecule has 0 aromatic carbocycles. The van der Waals surface area contributed by atoms with E-state index in [1.54, 1.807) is 0 Å². The van der Waals surface area contributed by atoms with Crippen LogP contribution < -0.4 is 0 Å². The maximum absolute atomic E-state index is 12.2. The van der Waals surface area contributed by atoms with E-state index in [-0.39, 0.29) is 24.2 Å². The normalized spacial score (nSPS) is 32.7. The molecule has 5 heteroatoms. The third kappa shape index (κ3) is 2.64. The van der Waals surface area contributed by atoms with Crippen molar-refractivity contribution in [1.29, 1.82) is 0 Å². The number of unbranched alkanes of at least 4 members (excludes halogenated alkanes) is 1. The van der Waals surface area contributed by atoms with Gasteiger partial charge in [0.1, 0.15) is 5.54 Å². The Hall–Kier alpha value is -0.650. The van der Waals surface area contributed by atoms with Gasteiger partial charge in [-0.15, -0.1) is 0 Å². The number of nitrogens with zero attached hydrogens (tertiary/aromatic N) is 1. The lowest BCUT2D eigenvalue weighted by Gasteiger charge is -2.50. The highest BCUT2D eigenvalue weighted by Crippen LogP contribution is 2.52. The van der Waals surface area contributed by atoms with Gasteiger partial charge in [-0.25, -0.2) is 4.79 Å². The number of aliphatic hydroxyl groups excluding tert-OH is 1. The molecule has 5 nitrogen and oxygen atoms in total. The molecule has 2 fully saturated rings. The van der Waals surface area contributed by atoms with E-state index >= 15 is 0 Å². The standard InChI is InChI=1S/C14H25NO4/c1-4-18-12(17)14-9-11(7-5-6-8-16)15(14)19-13(2,3)10-14/h11,16H,4-10H2,1-3H3. The summed E-state index contributed by atoms with van der Waals surface area (Å²) in [5, 5.41) is 10.7. The fourth-order valence-corrected chi connectivity index (χ4v) is 3.34. The van der Waals surface area contributed by atoms with Gasteiger partial charge in [0.2, 0.25) is 0 Å². The number of hydrogen-bond donors (Lipinski definition) is 1. The molecule has 0 spiro atoms. The van der Waals surface area contributed by atoms with Crippen molar-refractivity contribution in [2.75, 3.05) is 13.2 Å². The molecule has 2 heterocycles. The zero-order chi connectivity index (χ0) is 14.1. The van der Waals surface area contributed by atoms with Crippen molar-refractivity contribution in [3.8, 4) is 0 Å². The Morgan fingerprint density at radius 2 is 2.21 bits per heavy atom. The van der Waals surface area contributed by atoms with Crippen molar-refractivity contribution >= 4 is 5.97 Å². The highest BCUT2D eigenvalue weighted by Gasteiger charge is 2.66. The maximum Gasteiger partial charge on any atom is 0.329 e. The molecule has 0 aromatic heterocycles. The van der Waals surface area contributed by atoms with Gasteiger partial charge in [0.05, 0.1) is 12.2 Å². The first kappa shape index (κ1) is 14.8. The quantitative estimate of drug-likeness (QED) is 0.588. The lowest BCUT2D eigenvalue weighted by atomic mass is 9.74. The van der Waals surface area contributed by atoms with Crippen LogP contribution in [0.5, 0.6) is 0 Å². The molecular weight excluding hydrogens is 246 g/mol. The first-order chi connectivity index (χ1) is 8.95. The van der Waals surface area contributed by atoms with Crippen molar-refractivity contribution in [2.45, 2.75) is 70.1 Å². The summed E-state index contributed by atoms with van der Waals surface area (Å²) < 4.78 is 5.22. The van der Waals surface area contributed by atoms with Gasteiger partial charge in [-0.05, 0) is 46.5 Å². The van der Waals surface area contributed by atoms with Crippen LogP contribution in [0.4, 0.5) is 0 Å². The predicted octanol–water partition coefficient (Wildman–Crippen LogP) is 1.64. The van der Waals surface area contributed by atoms with E-state index in [1.807, 2.05) is 25.8 Å². The summed E-state index contributed by atoms with van der Waals surface area (Å²) in [5.41, 5.74) is -0.873. The van der Waals surface area contributed by atoms with Gasteiger partial charge >= 0.3 is 5.97 Å². The molecule has 2 aliphatic heterocycles. The first-order valence-electron chi connectivity index (χ1n) is 7.22. The molecule has 110 valence electrons. The average Bonchev–Trinajstić information content (AvgIpc) is 2.55. The van der Waals surface area contributed by atoms with Crippen LogP contribution in [0.15, 0.2) is 0 Å². The molecule has 2 aliphatic rings. The summed E-state index contributed by atoms with van der Waals surface area (Å²) >= 11 is 0. The minimum Gasteiger partial charge on any atom is -0.465 e. The molecule has 0 aliphatic carbocycles. The van der Waals surface area contributed by atoms with Gasteiger partial charge in [-0.1, -0.05) is 0 Å². The van der Waals surface area contributed by atoms with Crippen LogP contribution >= 0.6 is 0 Å². The molecule has 1 N–H and O–H groups in total. The monoisotopic (exact) mass is 271 g/mol. The van der Waals surface area contributed by atoms with Crippen LogP contribution in [0.1, 0.15) is 52.9 Å². The Kier molecular flexibility index (Phi) is 4.18. The second kappa shape index (κ2) is 5.38. The van der Waals surface area contributed by atoms with Crippen LogP contribution in [0.3, 0.4) is 0 Å². The molecule has 2 saturated heterocycles. The Bertz CT molecular complexity index is 344. The first-order valence-corrected chi connectivity index (χ1v) is 7.22. The Morgan fingerprint density at radius 3 is 2.84 bits per heavy atom. The van der Waals surface area contributed by atoms with Crippen molar-refractivity contribution in [2.24, 2.45) is 0 Å². The highest BCUT2D eigenvalue weighted by atomic mass is 16.7. The van der Waals surface area contributed by atoms with Crippen molar-refractivity contribution < 1.29 is 19.5 Å². The van der Waals surface area contributed by atoms with E-state index in [0.29, 0.717) is 13.0 Å². The van der Waals surface area contributed by atoms with Gasteiger partial charge in [-0.2, -0.15) is 5.06 Å². The lowest BCUT2D eigenvalue weighted by Crippen LogP contribution is -2.66. The molecule has 2 atom stereocenters. The van der Waals surface area contributed by atoms with E-state index in [2.05, 4.69) is 0 Å². The number of hydrogen-bond acceptors (Lipinski definition) is 5. The molecule has 19 heavy (non-hydrogen) atoms. The summed E-state index contributed by atoms with van der Waals surface area (Å²) in [6.45, 7) is 6.48. The second-order valence-electron chi connectivity index (χ2n) is 6.18. The minimum atomic E-state index is -0.566. The second-order valence-corrected chi connectivity index (χ2v) is 6.18. The molecule has 2 rings (SSSR count). The molecule has 0 radical (unpaired) electrons. The van der Waals surface area contributed by atoms with E-state index in [1.165, 1.54) is 0 Å². The van der Waals surface area contributed by atoms with E-state index in [0.717, 1.165) is 25.7 Å². The van der Waals surface area contributed by atoms with Gasteiger partial charge in [0, 0.05) is 19.1 Å². The number of carbonyl (C=O) groups is 1. The SMILES string of the molecule is CCOC(=O)C12CC(CCCCO)N1OC(C)(C)C2. The maximum atomic E-state index is 12.2. The largest absolute Gasteiger partial charge is 0.465 e. The van der Waals surface area contributed by atoms with E-state index < -0.39 is 5.54 Å². The molecular formula is C14H25NO4. The minimum absolute atomic E-state index is 0.154. The van der Waals surface area contributed by atoms with E-state index in [4.69, 9.17) is 14.7 Å². The topological polar surface area (TPSA) is 59.0 Å². The van der Waals surface area contributed by atoms with Crippen molar-refractivity contribution in [3.05, 3.63) is 0 Å². The number of ether oxygens (including phenoxy) is 1. The van der Waals surface area contributed by atoms with Crippen LogP contribution in [-0.4, -0.2) is 46.5 Å². The molecule has 0 saturated carbocycles. The van der Waals surface area contributed by atoms with Gasteiger partial charge in [0.25, 0.3) is 0 Å². The van der Waals surface area contributed by atoms with Gasteiger partial charge in [-0.3, -0.25) is 4.84 Å². The van der Waals surface area contributed by atoms with Gasteiger partial charge in [0.15, 0.2) is 0 Å². The van der Waals surface area contributed by atoms with E-state index in [9.17, 15) is 4.79 Å². The summed E-state index contributed by atoms with van der Waals surface area (Å²) in [4.78, 5) is 18.1. The molecule has 0 bridgehead atoms. The fraction of sp³-hybridized carbons (Fsp3) is 0.929. The van der Waals surface area contributed by atoms with Crippen LogP contribution in [-0.2, 0) is 14.4 Å². The van der Waals surface area contributed by atoms with Crippen LogP contribution in [0.25, 0.3) is 0 Å². The highest BCUT2D eigenvalue weighted by molar-refractivity contribution is 5.82.